The van der Waals surface area contributed by atoms with Crippen molar-refractivity contribution in [1.29, 1.82) is 0 Å². The molecule has 0 spiro atoms. The molecule has 5 nitrogen and oxygen atoms in total. The van der Waals surface area contributed by atoms with Crippen molar-refractivity contribution in [2.75, 3.05) is 6.61 Å². The molecule has 2 aromatic rings. The lowest BCUT2D eigenvalue weighted by Gasteiger charge is -2.19. The van der Waals surface area contributed by atoms with E-state index in [-0.39, 0.29) is 18.9 Å². The van der Waals surface area contributed by atoms with Crippen LogP contribution in [0.4, 0.5) is 4.79 Å². The maximum Gasteiger partial charge on any atom is 0.407 e. The summed E-state index contributed by atoms with van der Waals surface area (Å²) in [5.74, 6) is -0.917. The third kappa shape index (κ3) is 5.37. The normalized spacial score (nSPS) is 13.4. The van der Waals surface area contributed by atoms with Crippen molar-refractivity contribution in [2.45, 2.75) is 57.4 Å². The topological polar surface area (TPSA) is 75.6 Å². The first kappa shape index (κ1) is 20.9. The molecule has 2 N–H and O–H groups in total. The van der Waals surface area contributed by atoms with Gasteiger partial charge in [-0.15, -0.1) is 0 Å². The number of benzene rings is 2. The zero-order chi connectivity index (χ0) is 20.6. The number of nitrogens with one attached hydrogen (secondary N) is 1. The Morgan fingerprint density at radius 1 is 1.00 bits per heavy atom. The molecule has 0 fully saturated rings. The van der Waals surface area contributed by atoms with E-state index >= 15 is 0 Å². The number of alkyl carbamates (subject to hydrolysis) is 1. The summed E-state index contributed by atoms with van der Waals surface area (Å²) in [6.07, 6.45) is 4.18. The van der Waals surface area contributed by atoms with Crippen LogP contribution in [0.2, 0.25) is 0 Å². The highest BCUT2D eigenvalue weighted by Gasteiger charge is 2.29. The second-order valence-electron chi connectivity index (χ2n) is 7.61. The Morgan fingerprint density at radius 2 is 1.62 bits per heavy atom. The van der Waals surface area contributed by atoms with Gasteiger partial charge < -0.3 is 15.2 Å². The molecule has 0 bridgehead atoms. The zero-order valence-electron chi connectivity index (χ0n) is 16.9. The smallest absolute Gasteiger partial charge is 0.407 e. The zero-order valence-corrected chi connectivity index (χ0v) is 16.9. The summed E-state index contributed by atoms with van der Waals surface area (Å²) in [6.45, 7) is 2.36. The predicted octanol–water partition coefficient (Wildman–Crippen LogP) is 5.34. The molecule has 0 heterocycles. The van der Waals surface area contributed by atoms with E-state index < -0.39 is 18.1 Å². The Hall–Kier alpha value is -2.82. The minimum Gasteiger partial charge on any atom is -0.481 e. The van der Waals surface area contributed by atoms with E-state index in [4.69, 9.17) is 9.84 Å². The standard InChI is InChI=1S/C24H29NO4/c1-2-3-4-5-10-17(15-23(26)27)25-24(28)29-16-22-20-13-8-6-11-18(20)19-12-7-9-14-21(19)22/h6-9,11-14,17,22H,2-5,10,15-16H2,1H3,(H,25,28)(H,26,27). The number of carboxylic acid groups (broad SMARTS) is 1. The molecule has 1 unspecified atom stereocenters. The predicted molar refractivity (Wildman–Crippen MR) is 113 cm³/mol. The number of hydrogen-bond donors (Lipinski definition) is 2. The van der Waals surface area contributed by atoms with Gasteiger partial charge in [-0.05, 0) is 28.7 Å². The summed E-state index contributed by atoms with van der Waals surface area (Å²) in [4.78, 5) is 23.5. The lowest BCUT2D eigenvalue weighted by molar-refractivity contribution is -0.137. The molecule has 0 aliphatic heterocycles. The van der Waals surface area contributed by atoms with Gasteiger partial charge in [-0.2, -0.15) is 0 Å². The van der Waals surface area contributed by atoms with Crippen molar-refractivity contribution in [3.63, 3.8) is 0 Å². The number of fused-ring (bicyclic) bond motifs is 3. The van der Waals surface area contributed by atoms with E-state index in [9.17, 15) is 9.59 Å². The van der Waals surface area contributed by atoms with Gasteiger partial charge in [-0.25, -0.2) is 4.79 Å². The molecule has 0 aromatic heterocycles. The summed E-state index contributed by atoms with van der Waals surface area (Å²) >= 11 is 0. The fourth-order valence-corrected chi connectivity index (χ4v) is 4.06. The van der Waals surface area contributed by atoms with Gasteiger partial charge in [0.05, 0.1) is 6.42 Å². The monoisotopic (exact) mass is 395 g/mol. The van der Waals surface area contributed by atoms with E-state index in [0.717, 1.165) is 36.8 Å². The van der Waals surface area contributed by atoms with Gasteiger partial charge in [0, 0.05) is 12.0 Å². The third-order valence-electron chi connectivity index (χ3n) is 5.49. The Morgan fingerprint density at radius 3 is 2.21 bits per heavy atom. The third-order valence-corrected chi connectivity index (χ3v) is 5.49. The fraction of sp³-hybridized carbons (Fsp3) is 0.417. The number of rotatable bonds is 10. The van der Waals surface area contributed by atoms with Crippen LogP contribution in [0.15, 0.2) is 48.5 Å². The van der Waals surface area contributed by atoms with Crippen LogP contribution in [0.1, 0.15) is 62.5 Å². The lowest BCUT2D eigenvalue weighted by Crippen LogP contribution is -2.37. The SMILES string of the molecule is CCCCCCC(CC(=O)O)NC(=O)OCC1c2ccccc2-c2ccccc21. The number of carbonyl (C=O) groups excluding carboxylic acids is 1. The summed E-state index contributed by atoms with van der Waals surface area (Å²) in [5, 5.41) is 11.9. The van der Waals surface area contributed by atoms with Crippen LogP contribution in [0.5, 0.6) is 0 Å². The minimum atomic E-state index is -0.913. The number of ether oxygens (including phenoxy) is 1. The van der Waals surface area contributed by atoms with Gasteiger partial charge >= 0.3 is 12.1 Å². The molecule has 0 radical (unpaired) electrons. The molecule has 5 heteroatoms. The number of amides is 1. The first-order valence-electron chi connectivity index (χ1n) is 10.4. The van der Waals surface area contributed by atoms with Crippen molar-refractivity contribution >= 4 is 12.1 Å². The van der Waals surface area contributed by atoms with Crippen LogP contribution in [-0.4, -0.2) is 29.8 Å². The van der Waals surface area contributed by atoms with Gasteiger partial charge in [-0.1, -0.05) is 81.1 Å². The van der Waals surface area contributed by atoms with Crippen molar-refractivity contribution in [3.8, 4) is 11.1 Å². The van der Waals surface area contributed by atoms with E-state index in [1.165, 1.54) is 11.1 Å². The number of hydrogen-bond acceptors (Lipinski definition) is 3. The highest BCUT2D eigenvalue weighted by molar-refractivity contribution is 5.79. The molecule has 0 saturated carbocycles. The number of unbranched alkanes of at least 4 members (excludes halogenated alkanes) is 3. The molecule has 1 atom stereocenters. The van der Waals surface area contributed by atoms with E-state index in [1.54, 1.807) is 0 Å². The van der Waals surface area contributed by atoms with E-state index in [1.807, 2.05) is 24.3 Å². The summed E-state index contributed by atoms with van der Waals surface area (Å²) in [7, 11) is 0. The average molecular weight is 395 g/mol. The average Bonchev–Trinajstić information content (AvgIpc) is 3.03. The summed E-state index contributed by atoms with van der Waals surface area (Å²) < 4.78 is 5.54. The molecule has 1 aliphatic carbocycles. The van der Waals surface area contributed by atoms with E-state index in [2.05, 4.69) is 36.5 Å². The molecule has 154 valence electrons. The van der Waals surface area contributed by atoms with Gasteiger partial charge in [0.2, 0.25) is 0 Å². The van der Waals surface area contributed by atoms with Crippen LogP contribution in [-0.2, 0) is 9.53 Å². The van der Waals surface area contributed by atoms with Gasteiger partial charge in [0.25, 0.3) is 0 Å². The van der Waals surface area contributed by atoms with Crippen LogP contribution in [0.3, 0.4) is 0 Å². The Labute approximate surface area is 172 Å². The maximum atomic E-state index is 12.4. The van der Waals surface area contributed by atoms with Crippen LogP contribution in [0, 0.1) is 0 Å². The Balaban J connectivity index is 1.60. The quantitative estimate of drug-likeness (QED) is 0.533. The van der Waals surface area contributed by atoms with Gasteiger partial charge in [0.15, 0.2) is 0 Å². The Kier molecular flexibility index (Phi) is 7.28. The molecule has 1 amide bonds. The minimum absolute atomic E-state index is 0.00405. The molecular formula is C24H29NO4. The lowest BCUT2D eigenvalue weighted by atomic mass is 9.98. The molecule has 29 heavy (non-hydrogen) atoms. The van der Waals surface area contributed by atoms with Crippen LogP contribution >= 0.6 is 0 Å². The molecule has 3 rings (SSSR count). The number of carbonyl (C=O) groups is 2. The van der Waals surface area contributed by atoms with Crippen LogP contribution < -0.4 is 5.32 Å². The molecule has 2 aromatic carbocycles. The first-order chi connectivity index (χ1) is 14.1. The number of carboxylic acids is 1. The first-order valence-corrected chi connectivity index (χ1v) is 10.4. The van der Waals surface area contributed by atoms with E-state index in [0.29, 0.717) is 6.42 Å². The highest BCUT2D eigenvalue weighted by Crippen LogP contribution is 2.44. The largest absolute Gasteiger partial charge is 0.481 e. The fourth-order valence-electron chi connectivity index (χ4n) is 4.06. The van der Waals surface area contributed by atoms with Crippen LogP contribution in [0.25, 0.3) is 11.1 Å². The number of aliphatic carboxylic acids is 1. The van der Waals surface area contributed by atoms with Crippen molar-refractivity contribution < 1.29 is 19.4 Å². The summed E-state index contributed by atoms with van der Waals surface area (Å²) in [5.41, 5.74) is 4.67. The summed E-state index contributed by atoms with van der Waals surface area (Å²) in [6, 6.07) is 15.9. The molecular weight excluding hydrogens is 366 g/mol. The van der Waals surface area contributed by atoms with Crippen molar-refractivity contribution in [1.82, 2.24) is 5.32 Å². The Bertz CT molecular complexity index is 803. The molecule has 1 aliphatic rings. The van der Waals surface area contributed by atoms with Gasteiger partial charge in [-0.3, -0.25) is 4.79 Å². The second-order valence-corrected chi connectivity index (χ2v) is 7.61. The van der Waals surface area contributed by atoms with Crippen molar-refractivity contribution in [3.05, 3.63) is 59.7 Å². The van der Waals surface area contributed by atoms with Crippen molar-refractivity contribution in [2.24, 2.45) is 0 Å². The second kappa shape index (κ2) is 10.1. The maximum absolute atomic E-state index is 12.4. The molecule has 0 saturated heterocycles. The highest BCUT2D eigenvalue weighted by atomic mass is 16.5. The van der Waals surface area contributed by atoms with Gasteiger partial charge in [0.1, 0.15) is 6.61 Å².